The van der Waals surface area contributed by atoms with Crippen LogP contribution < -0.4 is 15.0 Å². The van der Waals surface area contributed by atoms with Crippen LogP contribution in [0.15, 0.2) is 23.3 Å². The van der Waals surface area contributed by atoms with Crippen molar-refractivity contribution in [3.05, 3.63) is 23.8 Å². The minimum atomic E-state index is -1.37. The number of rotatable bonds is 3. The van der Waals surface area contributed by atoms with Gasteiger partial charge in [0.05, 0.1) is 12.8 Å². The highest BCUT2D eigenvalue weighted by atomic mass is 32.2. The molecule has 0 saturated heterocycles. The number of amides is 3. The van der Waals surface area contributed by atoms with Gasteiger partial charge in [0, 0.05) is 26.0 Å². The lowest BCUT2D eigenvalue weighted by molar-refractivity contribution is -0.139. The van der Waals surface area contributed by atoms with Crippen LogP contribution in [0.5, 0.6) is 5.75 Å². The smallest absolute Gasteiger partial charge is 0.270 e. The van der Waals surface area contributed by atoms with E-state index in [1.807, 2.05) is 13.0 Å². The van der Waals surface area contributed by atoms with Crippen molar-refractivity contribution >= 4 is 40.3 Å². The number of nitrogens with one attached hydrogen (secondary N) is 1. The number of nitrogens with zero attached hydrogens (tertiary/aromatic N) is 3. The quantitative estimate of drug-likeness (QED) is 0.865. The molecule has 26 heavy (non-hydrogen) atoms. The number of ether oxygens (including phenoxy) is 1. The van der Waals surface area contributed by atoms with Gasteiger partial charge in [-0.05, 0) is 36.4 Å². The Morgan fingerprint density at radius 1 is 1.35 bits per heavy atom. The monoisotopic (exact) mass is 376 g/mol. The maximum atomic E-state index is 13.4. The molecule has 1 atom stereocenters. The Morgan fingerprint density at radius 3 is 2.65 bits per heavy atom. The number of benzene rings is 1. The summed E-state index contributed by atoms with van der Waals surface area (Å²) in [5, 5.41) is 8.16. The van der Waals surface area contributed by atoms with Crippen molar-refractivity contribution < 1.29 is 19.1 Å². The van der Waals surface area contributed by atoms with Crippen molar-refractivity contribution in [2.45, 2.75) is 32.1 Å². The molecule has 2 aliphatic heterocycles. The van der Waals surface area contributed by atoms with Crippen LogP contribution in [-0.4, -0.2) is 41.6 Å². The topological polar surface area (TPSA) is 91.3 Å². The van der Waals surface area contributed by atoms with Crippen molar-refractivity contribution in [1.29, 1.82) is 0 Å². The zero-order chi connectivity index (χ0) is 19.1. The third-order valence-electron chi connectivity index (χ3n) is 4.16. The molecule has 1 spiro atoms. The maximum Gasteiger partial charge on any atom is 0.270 e. The number of carbonyl (C=O) groups is 3. The van der Waals surface area contributed by atoms with Gasteiger partial charge in [-0.2, -0.15) is 5.01 Å². The van der Waals surface area contributed by atoms with E-state index in [9.17, 15) is 14.4 Å². The van der Waals surface area contributed by atoms with Gasteiger partial charge in [0.25, 0.3) is 5.91 Å². The third-order valence-corrected chi connectivity index (χ3v) is 5.40. The number of hydrazone groups is 1. The summed E-state index contributed by atoms with van der Waals surface area (Å²) in [5.74, 6) is -0.393. The number of methoxy groups -OCH3 is 1. The summed E-state index contributed by atoms with van der Waals surface area (Å²) in [6, 6.07) is 5.34. The Bertz CT molecular complexity index is 825. The van der Waals surface area contributed by atoms with Crippen LogP contribution in [0, 0.1) is 0 Å². The molecule has 0 aromatic heterocycles. The Morgan fingerprint density at radius 2 is 2.08 bits per heavy atom. The first-order valence-corrected chi connectivity index (χ1v) is 9.03. The normalized spacial score (nSPS) is 21.1. The highest BCUT2D eigenvalue weighted by Crippen LogP contribution is 2.55. The predicted molar refractivity (Wildman–Crippen MR) is 98.7 cm³/mol. The number of thioether (sulfide) groups is 1. The molecule has 1 N–H and O–H groups in total. The van der Waals surface area contributed by atoms with Crippen LogP contribution in [0.25, 0.3) is 0 Å². The molecule has 3 rings (SSSR count). The summed E-state index contributed by atoms with van der Waals surface area (Å²) in [6.07, 6.45) is 0.761. The molecule has 1 aromatic rings. The highest BCUT2D eigenvalue weighted by molar-refractivity contribution is 8.15. The minimum Gasteiger partial charge on any atom is -0.497 e. The second-order valence-corrected chi connectivity index (χ2v) is 7.18. The molecule has 0 radical (unpaired) electrons. The first-order valence-electron chi connectivity index (χ1n) is 8.21. The van der Waals surface area contributed by atoms with E-state index in [4.69, 9.17) is 4.74 Å². The second-order valence-electron chi connectivity index (χ2n) is 6.00. The zero-order valence-electron chi connectivity index (χ0n) is 15.0. The molecule has 0 aliphatic carbocycles. The van der Waals surface area contributed by atoms with E-state index in [0.29, 0.717) is 17.9 Å². The maximum absolute atomic E-state index is 13.4. The summed E-state index contributed by atoms with van der Waals surface area (Å²) in [5.41, 5.74) is 1.34. The molecule has 8 nitrogen and oxygen atoms in total. The summed E-state index contributed by atoms with van der Waals surface area (Å²) in [7, 11) is 1.54. The van der Waals surface area contributed by atoms with E-state index in [1.54, 1.807) is 24.1 Å². The van der Waals surface area contributed by atoms with Crippen LogP contribution in [0.2, 0.25) is 0 Å². The van der Waals surface area contributed by atoms with Crippen LogP contribution in [0.4, 0.5) is 5.69 Å². The third kappa shape index (κ3) is 2.63. The minimum absolute atomic E-state index is 0.216. The average Bonchev–Trinajstić information content (AvgIpc) is 3.07. The van der Waals surface area contributed by atoms with Crippen LogP contribution in [0.1, 0.15) is 32.8 Å². The van der Waals surface area contributed by atoms with Crippen molar-refractivity contribution in [2.24, 2.45) is 5.10 Å². The van der Waals surface area contributed by atoms with Gasteiger partial charge in [0.1, 0.15) is 5.75 Å². The van der Waals surface area contributed by atoms with Crippen molar-refractivity contribution in [1.82, 2.24) is 10.3 Å². The lowest BCUT2D eigenvalue weighted by Gasteiger charge is -2.29. The Labute approximate surface area is 155 Å². The van der Waals surface area contributed by atoms with Gasteiger partial charge in [0.15, 0.2) is 5.17 Å². The van der Waals surface area contributed by atoms with Crippen LogP contribution in [-0.2, 0) is 19.3 Å². The van der Waals surface area contributed by atoms with E-state index in [0.717, 1.165) is 28.9 Å². The molecule has 1 unspecified atom stereocenters. The fourth-order valence-electron chi connectivity index (χ4n) is 3.16. The second kappa shape index (κ2) is 6.64. The van der Waals surface area contributed by atoms with Crippen molar-refractivity contribution in [3.63, 3.8) is 0 Å². The molecule has 0 bridgehead atoms. The number of amidine groups is 1. The molecule has 9 heteroatoms. The zero-order valence-corrected chi connectivity index (χ0v) is 15.8. The summed E-state index contributed by atoms with van der Waals surface area (Å²) in [6.45, 7) is 5.19. The first kappa shape index (κ1) is 18.2. The average molecular weight is 376 g/mol. The molecule has 1 aromatic carbocycles. The molecule has 2 aliphatic rings. The first-order chi connectivity index (χ1) is 12.3. The van der Waals surface area contributed by atoms with E-state index < -0.39 is 10.8 Å². The lowest BCUT2D eigenvalue weighted by Crippen LogP contribution is -2.48. The van der Waals surface area contributed by atoms with Gasteiger partial charge in [-0.15, -0.1) is 5.10 Å². The SMILES string of the molecule is CCCN1C(=O)C2(SC(NC(C)=O)=NN2C(C)=O)c2cc(OC)ccc21. The van der Waals surface area contributed by atoms with Gasteiger partial charge in [-0.3, -0.25) is 14.4 Å². The van der Waals surface area contributed by atoms with Gasteiger partial charge in [-0.1, -0.05) is 6.92 Å². The molecule has 2 heterocycles. The number of fused-ring (bicyclic) bond motifs is 2. The summed E-state index contributed by atoms with van der Waals surface area (Å²) >= 11 is 1.06. The molecular weight excluding hydrogens is 356 g/mol. The van der Waals surface area contributed by atoms with Crippen molar-refractivity contribution in [3.8, 4) is 5.75 Å². The molecule has 138 valence electrons. The van der Waals surface area contributed by atoms with Gasteiger partial charge in [0.2, 0.25) is 16.7 Å². The molecular formula is C17H20N4O4S. The summed E-state index contributed by atoms with van der Waals surface area (Å²) in [4.78, 5) is 37.4. The molecule has 0 saturated carbocycles. The molecule has 3 amide bonds. The largest absolute Gasteiger partial charge is 0.497 e. The van der Waals surface area contributed by atoms with Crippen molar-refractivity contribution in [2.75, 3.05) is 18.6 Å². The number of anilines is 1. The van der Waals surface area contributed by atoms with Crippen LogP contribution >= 0.6 is 11.8 Å². The van der Waals surface area contributed by atoms with Gasteiger partial charge in [-0.25, -0.2) is 0 Å². The van der Waals surface area contributed by atoms with Gasteiger partial charge < -0.3 is 15.0 Å². The Kier molecular flexibility index (Phi) is 4.66. The number of carbonyl (C=O) groups excluding carboxylic acids is 3. The van der Waals surface area contributed by atoms with E-state index in [2.05, 4.69) is 10.4 Å². The Balaban J connectivity index is 2.18. The fraction of sp³-hybridized carbons (Fsp3) is 0.412. The summed E-state index contributed by atoms with van der Waals surface area (Å²) < 4.78 is 5.31. The number of hydrogen-bond acceptors (Lipinski definition) is 6. The standard InChI is InChI=1S/C17H20N4O4S/c1-5-8-20-14-7-6-12(25-4)9-13(14)17(15(20)24)21(11(3)23)19-16(26-17)18-10(2)22/h6-7,9H,5,8H2,1-4H3,(H,18,19,22). The number of hydrogen-bond donors (Lipinski definition) is 1. The lowest BCUT2D eigenvalue weighted by atomic mass is 10.1. The van der Waals surface area contributed by atoms with E-state index in [1.165, 1.54) is 13.8 Å². The van der Waals surface area contributed by atoms with E-state index >= 15 is 0 Å². The van der Waals surface area contributed by atoms with Gasteiger partial charge >= 0.3 is 0 Å². The fourth-order valence-corrected chi connectivity index (χ4v) is 4.49. The van der Waals surface area contributed by atoms with Crippen LogP contribution in [0.3, 0.4) is 0 Å². The van der Waals surface area contributed by atoms with E-state index in [-0.39, 0.29) is 17.0 Å². The molecule has 0 fully saturated rings. The highest BCUT2D eigenvalue weighted by Gasteiger charge is 2.61. The predicted octanol–water partition coefficient (Wildman–Crippen LogP) is 1.61. The Hall–Kier alpha value is -2.55.